The summed E-state index contributed by atoms with van der Waals surface area (Å²) in [7, 11) is 0. The van der Waals surface area contributed by atoms with Crippen LogP contribution in [0.15, 0.2) is 18.2 Å². The van der Waals surface area contributed by atoms with Crippen molar-refractivity contribution in [3.8, 4) is 0 Å². The van der Waals surface area contributed by atoms with E-state index in [9.17, 15) is 4.39 Å². The van der Waals surface area contributed by atoms with Gasteiger partial charge in [0.1, 0.15) is 5.82 Å². The van der Waals surface area contributed by atoms with Crippen molar-refractivity contribution < 1.29 is 4.39 Å². The lowest BCUT2D eigenvalue weighted by Crippen LogP contribution is -2.48. The van der Waals surface area contributed by atoms with Crippen LogP contribution in [0.4, 0.5) is 4.39 Å². The summed E-state index contributed by atoms with van der Waals surface area (Å²) in [6, 6.07) is 4.68. The molecule has 1 aromatic carbocycles. The fourth-order valence-corrected chi connectivity index (χ4v) is 3.65. The number of benzene rings is 1. The smallest absolute Gasteiger partial charge is 0.124 e. The second-order valence-corrected chi connectivity index (χ2v) is 5.87. The molecule has 0 atom stereocenters. The van der Waals surface area contributed by atoms with E-state index in [0.717, 1.165) is 18.4 Å². The molecule has 1 spiro atoms. The lowest BCUT2D eigenvalue weighted by atomic mass is 9.56. The van der Waals surface area contributed by atoms with E-state index in [1.165, 1.54) is 25.0 Å². The van der Waals surface area contributed by atoms with Crippen molar-refractivity contribution in [2.45, 2.75) is 31.1 Å². The molecule has 0 aliphatic heterocycles. The lowest BCUT2D eigenvalue weighted by molar-refractivity contribution is 0.126. The number of hydrogen-bond donors (Lipinski definition) is 1. The number of rotatable bonds is 2. The van der Waals surface area contributed by atoms with E-state index in [1.807, 2.05) is 0 Å². The van der Waals surface area contributed by atoms with Gasteiger partial charge in [-0.25, -0.2) is 4.39 Å². The largest absolute Gasteiger partial charge is 0.330 e. The number of halogens is 2. The molecule has 0 aromatic heterocycles. The Morgan fingerprint density at radius 1 is 1.31 bits per heavy atom. The van der Waals surface area contributed by atoms with Gasteiger partial charge in [0.25, 0.3) is 0 Å². The molecule has 0 heterocycles. The third kappa shape index (κ3) is 1.40. The van der Waals surface area contributed by atoms with Gasteiger partial charge in [-0.1, -0.05) is 17.7 Å². The van der Waals surface area contributed by atoms with E-state index >= 15 is 0 Å². The van der Waals surface area contributed by atoms with E-state index in [4.69, 9.17) is 17.3 Å². The highest BCUT2D eigenvalue weighted by Gasteiger charge is 2.61. The first-order valence-electron chi connectivity index (χ1n) is 5.75. The summed E-state index contributed by atoms with van der Waals surface area (Å²) in [4.78, 5) is 0. The Bertz CT molecular complexity index is 432. The van der Waals surface area contributed by atoms with E-state index in [-0.39, 0.29) is 11.2 Å². The molecule has 16 heavy (non-hydrogen) atoms. The Kier molecular flexibility index (Phi) is 2.11. The standard InChI is InChI=1S/C13H15ClFN/c14-11-5-9(15)1-2-10(11)13(8-16)6-12(7-13)3-4-12/h1-2,5H,3-4,6-8,16H2. The van der Waals surface area contributed by atoms with Crippen molar-refractivity contribution in [2.75, 3.05) is 6.54 Å². The number of hydrogen-bond acceptors (Lipinski definition) is 1. The third-order valence-electron chi connectivity index (χ3n) is 4.28. The van der Waals surface area contributed by atoms with Gasteiger partial charge in [-0.15, -0.1) is 0 Å². The van der Waals surface area contributed by atoms with Gasteiger partial charge in [-0.3, -0.25) is 0 Å². The molecule has 2 fully saturated rings. The van der Waals surface area contributed by atoms with Gasteiger partial charge in [-0.2, -0.15) is 0 Å². The normalized spacial score (nSPS) is 24.2. The first kappa shape index (κ1) is 10.5. The predicted molar refractivity (Wildman–Crippen MR) is 63.0 cm³/mol. The Hall–Kier alpha value is -0.600. The van der Waals surface area contributed by atoms with E-state index in [2.05, 4.69) is 0 Å². The van der Waals surface area contributed by atoms with Crippen LogP contribution in [0.1, 0.15) is 31.2 Å². The third-order valence-corrected chi connectivity index (χ3v) is 4.59. The molecule has 2 N–H and O–H groups in total. The van der Waals surface area contributed by atoms with Crippen molar-refractivity contribution in [1.82, 2.24) is 0 Å². The van der Waals surface area contributed by atoms with Crippen molar-refractivity contribution in [3.05, 3.63) is 34.6 Å². The van der Waals surface area contributed by atoms with Gasteiger partial charge >= 0.3 is 0 Å². The zero-order valence-electron chi connectivity index (χ0n) is 9.10. The second kappa shape index (κ2) is 3.21. The van der Waals surface area contributed by atoms with Crippen LogP contribution >= 0.6 is 11.6 Å². The summed E-state index contributed by atoms with van der Waals surface area (Å²) in [6.07, 6.45) is 4.91. The monoisotopic (exact) mass is 239 g/mol. The van der Waals surface area contributed by atoms with Crippen LogP contribution in [0.2, 0.25) is 5.02 Å². The zero-order chi connectivity index (χ0) is 11.4. The SMILES string of the molecule is NCC1(c2ccc(F)cc2Cl)CC2(CC2)C1. The molecular weight excluding hydrogens is 225 g/mol. The van der Waals surface area contributed by atoms with Crippen molar-refractivity contribution in [3.63, 3.8) is 0 Å². The Morgan fingerprint density at radius 2 is 2.00 bits per heavy atom. The highest BCUT2D eigenvalue weighted by molar-refractivity contribution is 6.31. The summed E-state index contributed by atoms with van der Waals surface area (Å²) in [5, 5.41) is 0.529. The minimum Gasteiger partial charge on any atom is -0.330 e. The molecule has 3 rings (SSSR count). The first-order valence-corrected chi connectivity index (χ1v) is 6.13. The molecule has 0 saturated heterocycles. The van der Waals surface area contributed by atoms with Crippen LogP contribution in [0.3, 0.4) is 0 Å². The van der Waals surface area contributed by atoms with Crippen molar-refractivity contribution >= 4 is 11.6 Å². The van der Waals surface area contributed by atoms with Gasteiger partial charge in [0, 0.05) is 17.0 Å². The maximum absolute atomic E-state index is 13.0. The molecule has 0 bridgehead atoms. The average molecular weight is 240 g/mol. The van der Waals surface area contributed by atoms with Gasteiger partial charge in [0.15, 0.2) is 0 Å². The molecule has 1 aromatic rings. The number of nitrogens with two attached hydrogens (primary N) is 1. The second-order valence-electron chi connectivity index (χ2n) is 5.46. The molecule has 1 nitrogen and oxygen atoms in total. The molecule has 2 aliphatic rings. The maximum Gasteiger partial charge on any atom is 0.124 e. The first-order chi connectivity index (χ1) is 7.59. The fourth-order valence-electron chi connectivity index (χ4n) is 3.28. The van der Waals surface area contributed by atoms with Crippen LogP contribution in [0.25, 0.3) is 0 Å². The van der Waals surface area contributed by atoms with E-state index in [0.29, 0.717) is 17.0 Å². The highest BCUT2D eigenvalue weighted by Crippen LogP contribution is 2.69. The van der Waals surface area contributed by atoms with Gasteiger partial charge in [0.05, 0.1) is 0 Å². The molecule has 2 aliphatic carbocycles. The molecule has 0 radical (unpaired) electrons. The summed E-state index contributed by atoms with van der Waals surface area (Å²) in [5.41, 5.74) is 7.52. The summed E-state index contributed by atoms with van der Waals surface area (Å²) in [5.74, 6) is -0.276. The molecule has 86 valence electrons. The Morgan fingerprint density at radius 3 is 2.50 bits per heavy atom. The van der Waals surface area contributed by atoms with Gasteiger partial charge in [-0.05, 0) is 48.8 Å². The molecular formula is C13H15ClFN. The van der Waals surface area contributed by atoms with Crippen molar-refractivity contribution in [1.29, 1.82) is 0 Å². The predicted octanol–water partition coefficient (Wildman–Crippen LogP) is 3.25. The van der Waals surface area contributed by atoms with E-state index < -0.39 is 0 Å². The quantitative estimate of drug-likeness (QED) is 0.843. The molecule has 0 amide bonds. The zero-order valence-corrected chi connectivity index (χ0v) is 9.86. The summed E-state index contributed by atoms with van der Waals surface area (Å²) < 4.78 is 13.0. The molecule has 0 unspecified atom stereocenters. The Labute approximate surface area is 99.8 Å². The van der Waals surface area contributed by atoms with Crippen molar-refractivity contribution in [2.24, 2.45) is 11.1 Å². The maximum atomic E-state index is 13.0. The fraction of sp³-hybridized carbons (Fsp3) is 0.538. The van der Waals surface area contributed by atoms with Crippen LogP contribution in [0, 0.1) is 11.2 Å². The van der Waals surface area contributed by atoms with Crippen LogP contribution < -0.4 is 5.73 Å². The molecule has 2 saturated carbocycles. The molecule has 3 heteroatoms. The van der Waals surface area contributed by atoms with Crippen LogP contribution in [-0.2, 0) is 5.41 Å². The summed E-state index contributed by atoms with van der Waals surface area (Å²) >= 11 is 6.12. The summed E-state index contributed by atoms with van der Waals surface area (Å²) in [6.45, 7) is 0.611. The highest BCUT2D eigenvalue weighted by atomic mass is 35.5. The van der Waals surface area contributed by atoms with Crippen LogP contribution in [0.5, 0.6) is 0 Å². The van der Waals surface area contributed by atoms with Crippen LogP contribution in [-0.4, -0.2) is 6.54 Å². The Balaban J connectivity index is 1.95. The lowest BCUT2D eigenvalue weighted by Gasteiger charge is -2.49. The minimum atomic E-state index is -0.276. The topological polar surface area (TPSA) is 26.0 Å². The average Bonchev–Trinajstić information content (AvgIpc) is 2.95. The van der Waals surface area contributed by atoms with E-state index in [1.54, 1.807) is 6.07 Å². The van der Waals surface area contributed by atoms with Gasteiger partial charge in [0.2, 0.25) is 0 Å². The minimum absolute atomic E-state index is 0.0152. The van der Waals surface area contributed by atoms with Gasteiger partial charge < -0.3 is 5.73 Å².